The summed E-state index contributed by atoms with van der Waals surface area (Å²) in [6.45, 7) is -1.50. The normalized spacial score (nSPS) is 46.0. The monoisotopic (exact) mass is 948 g/mol. The van der Waals surface area contributed by atoms with Gasteiger partial charge in [-0.05, 0) is 0 Å². The zero-order valence-corrected chi connectivity index (χ0v) is 34.1. The van der Waals surface area contributed by atoms with E-state index in [9.17, 15) is 81.1 Å². The maximum Gasteiger partial charge on any atom is 2.00 e. The van der Waals surface area contributed by atoms with Crippen molar-refractivity contribution in [3.63, 3.8) is 0 Å². The van der Waals surface area contributed by atoms with Crippen LogP contribution in [0.4, 0.5) is 0 Å². The summed E-state index contributed by atoms with van der Waals surface area (Å²) in [4.78, 5) is 22.1. The van der Waals surface area contributed by atoms with Gasteiger partial charge in [0.2, 0.25) is 0 Å². The third-order valence-electron chi connectivity index (χ3n) is 7.87. The predicted octanol–water partition coefficient (Wildman–Crippen LogP) is -20.0. The summed E-state index contributed by atoms with van der Waals surface area (Å²) in [5.41, 5.74) is 0. The van der Waals surface area contributed by atoms with Gasteiger partial charge in [-0.3, -0.25) is 0 Å². The van der Waals surface area contributed by atoms with Gasteiger partial charge in [0.15, 0.2) is 25.2 Å². The van der Waals surface area contributed by atoms with Crippen molar-refractivity contribution in [1.82, 2.24) is 0 Å². The molecule has 0 spiro atoms. The zero-order valence-electron chi connectivity index (χ0n) is 26.5. The van der Waals surface area contributed by atoms with E-state index in [0.29, 0.717) is 0 Å². The van der Waals surface area contributed by atoms with Crippen molar-refractivity contribution in [2.75, 3.05) is 13.2 Å². The van der Waals surface area contributed by atoms with Crippen molar-refractivity contribution in [1.29, 1.82) is 0 Å². The van der Waals surface area contributed by atoms with Gasteiger partial charge in [-0.15, -0.1) is 0 Å². The minimum Gasteiger partial charge on any atom is -1.00 e. The Morgan fingerprint density at radius 2 is 0.750 bits per heavy atom. The van der Waals surface area contributed by atoms with Crippen molar-refractivity contribution in [2.45, 2.75) is 123 Å². The number of aliphatic hydroxyl groups is 14. The molecule has 0 aromatic heterocycles. The Morgan fingerprint density at radius 1 is 0.462 bits per heavy atom. The van der Waals surface area contributed by atoms with Gasteiger partial charge in [0.05, 0.1) is 25.2 Å². The number of rotatable bonds is 8. The fourth-order valence-electron chi connectivity index (χ4n) is 5.05. The van der Waals surface area contributed by atoms with E-state index in [2.05, 4.69) is 9.47 Å². The van der Waals surface area contributed by atoms with Crippen molar-refractivity contribution >= 4 is 87.4 Å². The molecule has 0 aromatic rings. The molecule has 0 unspecified atom stereocenters. The van der Waals surface area contributed by atoms with Crippen LogP contribution in [-0.4, -0.2) is 295 Å². The standard InChI is InChI=1S/2C12H20O12.2BrH.2Ca/c2*13-1-2-3(14)4(15)7(18)12(22-2)24-8-5(16)6(17)11(21)23-9(8)10(19)20;;;;/h2*2-9,11-18,21H,1H2,(H,19,20);2*1H;;/q;;;;2*+2/p-4/t2-,3+,4-,5-,6+,7-,8+,9-,11+,12+;2-,3-,4+,5+,6-,7-,8-,9-,11+,12-;;;;/m10..../s1. The number of carbonyl (C=O) groups excluding carboxylic acids is 2. The molecule has 20 atom stereocenters. The van der Waals surface area contributed by atoms with Crippen molar-refractivity contribution in [3.05, 3.63) is 0 Å². The van der Waals surface area contributed by atoms with Crippen LogP contribution in [0.1, 0.15) is 0 Å². The smallest absolute Gasteiger partial charge is 1.00 e. The Labute approximate surface area is 373 Å². The van der Waals surface area contributed by atoms with Gasteiger partial charge in [-0.1, -0.05) is 0 Å². The molecule has 4 heterocycles. The minimum atomic E-state index is -2.02. The number of carbonyl (C=O) groups is 2. The first kappa shape index (κ1) is 55.7. The average Bonchev–Trinajstić information content (AvgIpc) is 3.04. The fraction of sp³-hybridized carbons (Fsp3) is 0.917. The summed E-state index contributed by atoms with van der Waals surface area (Å²) in [5, 5.41) is 156. The third-order valence-corrected chi connectivity index (χ3v) is 7.87. The second kappa shape index (κ2) is 24.5. The van der Waals surface area contributed by atoms with Crippen LogP contribution in [0.15, 0.2) is 0 Å². The van der Waals surface area contributed by atoms with E-state index in [0.717, 1.165) is 0 Å². The van der Waals surface area contributed by atoms with E-state index >= 15 is 0 Å². The summed E-state index contributed by atoms with van der Waals surface area (Å²) in [6.07, 6.45) is -36.3. The van der Waals surface area contributed by atoms with E-state index in [4.69, 9.17) is 29.2 Å². The van der Waals surface area contributed by atoms with E-state index in [-0.39, 0.29) is 109 Å². The first-order valence-electron chi connectivity index (χ1n) is 14.1. The van der Waals surface area contributed by atoms with Crippen molar-refractivity contribution in [2.24, 2.45) is 0 Å². The number of ether oxygens (including phenoxy) is 6. The minimum absolute atomic E-state index is 0. The van der Waals surface area contributed by atoms with Gasteiger partial charge < -0.3 is 154 Å². The predicted molar refractivity (Wildman–Crippen MR) is 145 cm³/mol. The molecule has 0 saturated carbocycles. The molecule has 0 bridgehead atoms. The van der Waals surface area contributed by atoms with Crippen LogP contribution in [-0.2, 0) is 38.0 Å². The fourth-order valence-corrected chi connectivity index (χ4v) is 5.05. The Kier molecular flexibility index (Phi) is 26.3. The van der Waals surface area contributed by atoms with Crippen LogP contribution in [0.25, 0.3) is 0 Å². The van der Waals surface area contributed by atoms with E-state index in [1.807, 2.05) is 0 Å². The Balaban J connectivity index is 0. The topological polar surface area (TPSA) is 419 Å². The SMILES string of the molecule is O=C([O-])[C@@H]1O[C@H](O)[C@@H](O)[C@@H](O)[C@@H]1O[C@@H]1O[C@H](CO)[C@H](O)[C@@H](O)[C@H]1O.O=C([O-])[C@H]1O[C@@H](O)[C@@H](O)[C@@H](O)[C@@H]1O[C@@H]1O[C@@H](CO)[C@H](O)[C@@H](O)[C@@H]1O.[Br-].[Br-].[Ca+2].[Ca+2]. The van der Waals surface area contributed by atoms with Crippen molar-refractivity contribution in [3.8, 4) is 0 Å². The van der Waals surface area contributed by atoms with E-state index < -0.39 is 148 Å². The van der Waals surface area contributed by atoms with Gasteiger partial charge in [0, 0.05) is 0 Å². The molecular weight excluding hydrogens is 912 g/mol. The summed E-state index contributed by atoms with van der Waals surface area (Å²) in [5.74, 6) is -3.76. The van der Waals surface area contributed by atoms with Crippen LogP contribution < -0.4 is 44.2 Å². The number of carboxylic acids is 2. The number of halogens is 2. The molecule has 4 saturated heterocycles. The number of aliphatic carboxylic acids is 2. The van der Waals surface area contributed by atoms with Crippen LogP contribution in [0.2, 0.25) is 0 Å². The van der Waals surface area contributed by atoms with Gasteiger partial charge in [-0.2, -0.15) is 0 Å². The second-order valence-corrected chi connectivity index (χ2v) is 11.1. The quantitative estimate of drug-likeness (QED) is 0.100. The number of hydrogen-bond acceptors (Lipinski definition) is 24. The molecule has 0 radical (unpaired) electrons. The molecule has 4 rings (SSSR count). The molecule has 14 N–H and O–H groups in total. The van der Waals surface area contributed by atoms with E-state index in [1.54, 1.807) is 0 Å². The number of carboxylic acid groups (broad SMARTS) is 2. The number of aliphatic hydroxyl groups excluding tert-OH is 14. The van der Waals surface area contributed by atoms with Crippen LogP contribution in [0.3, 0.4) is 0 Å². The molecule has 4 aliphatic heterocycles. The third kappa shape index (κ3) is 12.8. The summed E-state index contributed by atoms with van der Waals surface area (Å²) < 4.78 is 29.4. The Bertz CT molecular complexity index is 992. The van der Waals surface area contributed by atoms with Gasteiger partial charge in [0.25, 0.3) is 0 Å². The Morgan fingerprint density at radius 3 is 1.00 bits per heavy atom. The molecule has 24 nitrogen and oxygen atoms in total. The first-order chi connectivity index (χ1) is 22.4. The molecule has 0 aromatic carbocycles. The number of hydrogen-bond donors (Lipinski definition) is 14. The molecule has 296 valence electrons. The molecule has 0 amide bonds. The second-order valence-electron chi connectivity index (χ2n) is 11.1. The first-order valence-corrected chi connectivity index (χ1v) is 14.1. The van der Waals surface area contributed by atoms with Crippen LogP contribution in [0.5, 0.6) is 0 Å². The van der Waals surface area contributed by atoms with Gasteiger partial charge in [0.1, 0.15) is 97.7 Å². The maximum atomic E-state index is 11.1. The maximum absolute atomic E-state index is 11.1. The van der Waals surface area contributed by atoms with Crippen LogP contribution in [0, 0.1) is 0 Å². The molecule has 4 fully saturated rings. The van der Waals surface area contributed by atoms with Crippen molar-refractivity contribution < 1.29 is 154 Å². The molecule has 28 heteroatoms. The average molecular weight is 951 g/mol. The summed E-state index contributed by atoms with van der Waals surface area (Å²) in [6, 6.07) is 0. The van der Waals surface area contributed by atoms with Gasteiger partial charge >= 0.3 is 75.5 Å². The largest absolute Gasteiger partial charge is 2.00 e. The summed E-state index contributed by atoms with van der Waals surface area (Å²) in [7, 11) is 0. The van der Waals surface area contributed by atoms with Crippen LogP contribution >= 0.6 is 0 Å². The van der Waals surface area contributed by atoms with Gasteiger partial charge in [-0.25, -0.2) is 0 Å². The molecule has 4 aliphatic rings. The Hall–Kier alpha value is 1.62. The van der Waals surface area contributed by atoms with E-state index in [1.165, 1.54) is 0 Å². The summed E-state index contributed by atoms with van der Waals surface area (Å²) >= 11 is 0. The molecule has 0 aliphatic carbocycles. The molecular formula is C24H38Br2Ca2O24. The molecule has 52 heavy (non-hydrogen) atoms. The zero-order chi connectivity index (χ0) is 36.4.